The minimum Gasteiger partial charge on any atom is -0.310 e. The zero-order valence-electron chi connectivity index (χ0n) is 15.9. The molecule has 0 saturated heterocycles. The number of rotatable bonds is 2. The van der Waals surface area contributed by atoms with Gasteiger partial charge in [-0.3, -0.25) is 14.6 Å². The van der Waals surface area contributed by atoms with Gasteiger partial charge in [0.05, 0.1) is 23.3 Å². The van der Waals surface area contributed by atoms with Crippen molar-refractivity contribution in [1.29, 1.82) is 0 Å². The van der Waals surface area contributed by atoms with Crippen LogP contribution in [-0.2, 0) is 6.54 Å². The molecule has 0 N–H and O–H groups in total. The molecule has 0 radical (unpaired) electrons. The number of para-hydroxylation sites is 1. The number of hydrogen-bond donors (Lipinski definition) is 0. The van der Waals surface area contributed by atoms with Crippen LogP contribution >= 0.6 is 0 Å². The van der Waals surface area contributed by atoms with E-state index in [9.17, 15) is 9.59 Å². The summed E-state index contributed by atoms with van der Waals surface area (Å²) in [7, 11) is 0. The largest absolute Gasteiger partial charge is 0.310 e. The van der Waals surface area contributed by atoms with Gasteiger partial charge in [-0.1, -0.05) is 48.5 Å². The summed E-state index contributed by atoms with van der Waals surface area (Å²) >= 11 is 0. The second-order valence-corrected chi connectivity index (χ2v) is 7.44. The lowest BCUT2D eigenvalue weighted by atomic mass is 9.88. The van der Waals surface area contributed by atoms with Gasteiger partial charge in [0.15, 0.2) is 0 Å². The molecule has 5 heteroatoms. The molecule has 30 heavy (non-hydrogen) atoms. The first kappa shape index (κ1) is 16.8. The van der Waals surface area contributed by atoms with E-state index in [1.807, 2.05) is 60.7 Å². The monoisotopic (exact) mass is 389 g/mol. The van der Waals surface area contributed by atoms with Gasteiger partial charge in [-0.25, -0.2) is 4.98 Å². The van der Waals surface area contributed by atoms with Crippen molar-refractivity contribution in [3.8, 4) is 11.3 Å². The highest BCUT2D eigenvalue weighted by molar-refractivity contribution is 6.27. The highest BCUT2D eigenvalue weighted by Crippen LogP contribution is 2.39. The Balaban J connectivity index is 1.65. The third-order valence-corrected chi connectivity index (χ3v) is 5.65. The minimum atomic E-state index is -0.179. The van der Waals surface area contributed by atoms with Crippen molar-refractivity contribution in [2.45, 2.75) is 6.54 Å². The molecule has 0 aliphatic heterocycles. The van der Waals surface area contributed by atoms with Crippen LogP contribution in [0.4, 0.5) is 0 Å². The Labute approximate surface area is 171 Å². The molecule has 0 saturated carbocycles. The standard InChI is InChI=1S/C25H15N3O2/c29-21-12-18-19(14-28(21)13-15-6-2-1-3-7-15)25(30)24-22-17(10-11-26-24)16-8-4-5-9-20(16)27-23(18)22/h1-12,14H,13H2. The predicted molar refractivity (Wildman–Crippen MR) is 116 cm³/mol. The van der Waals surface area contributed by atoms with Gasteiger partial charge in [0, 0.05) is 34.8 Å². The summed E-state index contributed by atoms with van der Waals surface area (Å²) in [5.41, 5.74) is 3.72. The predicted octanol–water partition coefficient (Wildman–Crippen LogP) is 4.20. The van der Waals surface area contributed by atoms with E-state index in [2.05, 4.69) is 4.98 Å². The minimum absolute atomic E-state index is 0.166. The molecule has 5 aromatic rings. The number of pyridine rings is 3. The summed E-state index contributed by atoms with van der Waals surface area (Å²) in [6, 6.07) is 21.0. The van der Waals surface area contributed by atoms with Crippen LogP contribution in [0.3, 0.4) is 0 Å². The molecule has 142 valence electrons. The third kappa shape index (κ3) is 2.35. The lowest BCUT2D eigenvalue weighted by Gasteiger charge is -2.20. The number of hydrogen-bond acceptors (Lipinski definition) is 4. The summed E-state index contributed by atoms with van der Waals surface area (Å²) in [4.78, 5) is 35.5. The molecule has 1 aliphatic carbocycles. The normalized spacial score (nSPS) is 12.3. The van der Waals surface area contributed by atoms with Gasteiger partial charge in [0.2, 0.25) is 5.78 Å². The van der Waals surface area contributed by atoms with Gasteiger partial charge >= 0.3 is 0 Å². The van der Waals surface area contributed by atoms with Crippen LogP contribution in [0.5, 0.6) is 0 Å². The Morgan fingerprint density at radius 3 is 2.47 bits per heavy atom. The van der Waals surface area contributed by atoms with Crippen LogP contribution in [0.2, 0.25) is 0 Å². The van der Waals surface area contributed by atoms with E-state index < -0.39 is 0 Å². The highest BCUT2D eigenvalue weighted by Gasteiger charge is 2.29. The molecule has 0 spiro atoms. The molecule has 0 amide bonds. The summed E-state index contributed by atoms with van der Waals surface area (Å²) < 4.78 is 1.57. The van der Waals surface area contributed by atoms with Crippen molar-refractivity contribution in [3.05, 3.63) is 106 Å². The van der Waals surface area contributed by atoms with Crippen LogP contribution < -0.4 is 5.56 Å². The molecule has 0 unspecified atom stereocenters. The summed E-state index contributed by atoms with van der Waals surface area (Å²) in [5, 5.41) is 2.61. The van der Waals surface area contributed by atoms with E-state index in [0.29, 0.717) is 34.4 Å². The Hall–Kier alpha value is -4.12. The first-order valence-electron chi connectivity index (χ1n) is 9.71. The molecular formula is C25H15N3O2. The van der Waals surface area contributed by atoms with Crippen molar-refractivity contribution >= 4 is 27.5 Å². The topological polar surface area (TPSA) is 64.8 Å². The average molecular weight is 389 g/mol. The van der Waals surface area contributed by atoms with Gasteiger partial charge in [-0.05, 0) is 23.1 Å². The quantitative estimate of drug-likeness (QED) is 0.416. The lowest BCUT2D eigenvalue weighted by Crippen LogP contribution is -2.24. The van der Waals surface area contributed by atoms with E-state index in [4.69, 9.17) is 4.98 Å². The van der Waals surface area contributed by atoms with E-state index >= 15 is 0 Å². The van der Waals surface area contributed by atoms with E-state index in [-0.39, 0.29) is 11.3 Å². The highest BCUT2D eigenvalue weighted by atomic mass is 16.1. The smallest absolute Gasteiger partial charge is 0.251 e. The van der Waals surface area contributed by atoms with Gasteiger partial charge < -0.3 is 4.57 Å². The summed E-state index contributed by atoms with van der Waals surface area (Å²) in [6.07, 6.45) is 3.31. The Bertz CT molecular complexity index is 1550. The van der Waals surface area contributed by atoms with Gasteiger partial charge in [-0.2, -0.15) is 0 Å². The number of carbonyl (C=O) groups is 1. The van der Waals surface area contributed by atoms with Crippen molar-refractivity contribution in [2.24, 2.45) is 0 Å². The maximum Gasteiger partial charge on any atom is 0.251 e. The summed E-state index contributed by atoms with van der Waals surface area (Å²) in [6.45, 7) is 0.399. The number of ketones is 1. The van der Waals surface area contributed by atoms with Crippen molar-refractivity contribution in [2.75, 3.05) is 0 Å². The molecule has 0 atom stereocenters. The van der Waals surface area contributed by atoms with Crippen LogP contribution in [-0.4, -0.2) is 20.3 Å². The van der Waals surface area contributed by atoms with Crippen LogP contribution in [0.25, 0.3) is 32.9 Å². The molecular weight excluding hydrogens is 374 g/mol. The van der Waals surface area contributed by atoms with Crippen molar-refractivity contribution in [3.63, 3.8) is 0 Å². The number of fused-ring (bicyclic) bond motifs is 4. The van der Waals surface area contributed by atoms with Crippen molar-refractivity contribution in [1.82, 2.24) is 14.5 Å². The zero-order valence-corrected chi connectivity index (χ0v) is 15.9. The molecule has 5 nitrogen and oxygen atoms in total. The lowest BCUT2D eigenvalue weighted by molar-refractivity contribution is 0.103. The third-order valence-electron chi connectivity index (χ3n) is 5.65. The Morgan fingerprint density at radius 2 is 1.60 bits per heavy atom. The molecule has 0 fully saturated rings. The van der Waals surface area contributed by atoms with Crippen LogP contribution in [0, 0.1) is 0 Å². The van der Waals surface area contributed by atoms with E-state index in [1.54, 1.807) is 17.0 Å². The zero-order chi connectivity index (χ0) is 20.2. The fraction of sp³-hybridized carbons (Fsp3) is 0.0400. The molecule has 6 rings (SSSR count). The molecule has 1 aliphatic rings. The van der Waals surface area contributed by atoms with Crippen LogP contribution in [0.1, 0.15) is 21.6 Å². The van der Waals surface area contributed by atoms with Gasteiger partial charge in [0.25, 0.3) is 5.56 Å². The first-order chi connectivity index (χ1) is 14.7. The van der Waals surface area contributed by atoms with E-state index in [0.717, 1.165) is 21.9 Å². The van der Waals surface area contributed by atoms with Gasteiger partial charge in [-0.15, -0.1) is 0 Å². The maximum atomic E-state index is 13.3. The fourth-order valence-electron chi connectivity index (χ4n) is 4.25. The second kappa shape index (κ2) is 6.19. The Morgan fingerprint density at radius 1 is 0.800 bits per heavy atom. The van der Waals surface area contributed by atoms with Gasteiger partial charge in [0.1, 0.15) is 5.69 Å². The van der Waals surface area contributed by atoms with Crippen LogP contribution in [0.15, 0.2) is 83.9 Å². The number of aromatic nitrogens is 3. The van der Waals surface area contributed by atoms with E-state index in [1.165, 1.54) is 6.07 Å². The number of carbonyl (C=O) groups excluding carboxylic acids is 1. The average Bonchev–Trinajstić information content (AvgIpc) is 2.79. The molecule has 2 aromatic carbocycles. The molecule has 3 heterocycles. The number of nitrogens with zero attached hydrogens (tertiary/aromatic N) is 3. The maximum absolute atomic E-state index is 13.3. The summed E-state index contributed by atoms with van der Waals surface area (Å²) in [5.74, 6) is -0.179. The SMILES string of the molecule is O=C1c2cn(Cc3ccccc3)c(=O)cc2-c2nc3ccccc3c3ccnc1c23. The Kier molecular flexibility index (Phi) is 3.47. The first-order valence-corrected chi connectivity index (χ1v) is 9.71. The molecule has 3 aromatic heterocycles. The number of benzene rings is 2. The molecule has 0 bridgehead atoms. The van der Waals surface area contributed by atoms with Crippen molar-refractivity contribution < 1.29 is 4.79 Å². The fourth-order valence-corrected chi connectivity index (χ4v) is 4.25. The second-order valence-electron chi connectivity index (χ2n) is 7.44.